The van der Waals surface area contributed by atoms with Gasteiger partial charge >= 0.3 is 12.1 Å². The van der Waals surface area contributed by atoms with Crippen LogP contribution in [0.3, 0.4) is 0 Å². The molecular formula is C27H30N4O5. The average Bonchev–Trinajstić information content (AvgIpc) is 3.29. The standard InChI is InChI=1S/C27H30N4O5/c28-22(16-19-6-2-1-3-7-19)24(32)18-31(30-27(34)36-25-13-15-35-26(25)33)17-20-9-11-21(12-10-20)23-8-4-5-14-29-23/h1-12,14,22,24-25,32H,13,15-18,28H2,(H,30,34)/t22-,24-,25?/m0/s1. The van der Waals surface area contributed by atoms with Crippen molar-refractivity contribution in [2.75, 3.05) is 13.2 Å². The second-order valence-corrected chi connectivity index (χ2v) is 8.68. The maximum absolute atomic E-state index is 12.5. The van der Waals surface area contributed by atoms with Crippen molar-refractivity contribution >= 4 is 12.1 Å². The minimum Gasteiger partial charge on any atom is -0.463 e. The van der Waals surface area contributed by atoms with E-state index in [0.717, 1.165) is 22.4 Å². The molecule has 1 unspecified atom stereocenters. The molecule has 1 aliphatic rings. The molecule has 9 nitrogen and oxygen atoms in total. The van der Waals surface area contributed by atoms with Crippen molar-refractivity contribution in [1.82, 2.24) is 15.4 Å². The summed E-state index contributed by atoms with van der Waals surface area (Å²) in [6.07, 6.45) is -0.142. The number of nitrogens with zero attached hydrogens (tertiary/aromatic N) is 2. The lowest BCUT2D eigenvalue weighted by Crippen LogP contribution is -2.51. The molecule has 4 N–H and O–H groups in total. The normalized spacial score (nSPS) is 16.9. The Bertz CT molecular complexity index is 1130. The van der Waals surface area contributed by atoms with Gasteiger partial charge < -0.3 is 20.3 Å². The first-order chi connectivity index (χ1) is 17.5. The van der Waals surface area contributed by atoms with Gasteiger partial charge in [-0.2, -0.15) is 0 Å². The van der Waals surface area contributed by atoms with Gasteiger partial charge in [-0.25, -0.2) is 14.6 Å². The van der Waals surface area contributed by atoms with Gasteiger partial charge in [0, 0.05) is 37.3 Å². The van der Waals surface area contributed by atoms with E-state index in [4.69, 9.17) is 15.2 Å². The fraction of sp³-hybridized carbons (Fsp3) is 0.296. The lowest BCUT2D eigenvalue weighted by atomic mass is 10.0. The van der Waals surface area contributed by atoms with E-state index in [9.17, 15) is 14.7 Å². The Morgan fingerprint density at radius 2 is 1.86 bits per heavy atom. The summed E-state index contributed by atoms with van der Waals surface area (Å²) in [7, 11) is 0. The van der Waals surface area contributed by atoms with Gasteiger partial charge in [0.15, 0.2) is 0 Å². The van der Waals surface area contributed by atoms with Crippen LogP contribution >= 0.6 is 0 Å². The number of hydrazine groups is 1. The Balaban J connectivity index is 1.42. The molecule has 0 spiro atoms. The monoisotopic (exact) mass is 490 g/mol. The molecule has 3 atom stereocenters. The number of aliphatic hydroxyl groups excluding tert-OH is 1. The number of aromatic nitrogens is 1. The van der Waals surface area contributed by atoms with E-state index < -0.39 is 30.3 Å². The van der Waals surface area contributed by atoms with Crippen molar-refractivity contribution in [1.29, 1.82) is 0 Å². The van der Waals surface area contributed by atoms with E-state index >= 15 is 0 Å². The summed E-state index contributed by atoms with van der Waals surface area (Å²) < 4.78 is 10.1. The van der Waals surface area contributed by atoms with Gasteiger partial charge in [0.2, 0.25) is 6.10 Å². The number of ether oxygens (including phenoxy) is 2. The summed E-state index contributed by atoms with van der Waals surface area (Å²) >= 11 is 0. The molecule has 1 saturated heterocycles. The van der Waals surface area contributed by atoms with Crippen molar-refractivity contribution in [3.8, 4) is 11.3 Å². The van der Waals surface area contributed by atoms with Crippen molar-refractivity contribution in [3.05, 3.63) is 90.1 Å². The fourth-order valence-corrected chi connectivity index (χ4v) is 3.94. The number of rotatable bonds is 10. The number of esters is 1. The molecule has 1 amide bonds. The van der Waals surface area contributed by atoms with E-state index in [0.29, 0.717) is 12.8 Å². The SMILES string of the molecule is N[C@@H](Cc1ccccc1)[C@@H](O)CN(Cc1ccc(-c2ccccn2)cc1)NC(=O)OC1CCOC1=O. The number of aliphatic hydroxyl groups is 1. The van der Waals surface area contributed by atoms with Gasteiger partial charge in [-0.1, -0.05) is 60.7 Å². The van der Waals surface area contributed by atoms with E-state index in [2.05, 4.69) is 10.4 Å². The zero-order valence-corrected chi connectivity index (χ0v) is 19.8. The third-order valence-electron chi connectivity index (χ3n) is 5.89. The topological polar surface area (TPSA) is 127 Å². The zero-order chi connectivity index (χ0) is 25.3. The predicted molar refractivity (Wildman–Crippen MR) is 133 cm³/mol. The molecule has 4 rings (SSSR count). The summed E-state index contributed by atoms with van der Waals surface area (Å²) in [6.45, 7) is 0.554. The third-order valence-corrected chi connectivity index (χ3v) is 5.89. The van der Waals surface area contributed by atoms with Crippen LogP contribution < -0.4 is 11.2 Å². The molecule has 3 aromatic rings. The molecule has 2 aromatic carbocycles. The second-order valence-electron chi connectivity index (χ2n) is 8.68. The largest absolute Gasteiger partial charge is 0.463 e. The highest BCUT2D eigenvalue weighted by atomic mass is 16.6. The molecule has 0 bridgehead atoms. The maximum atomic E-state index is 12.5. The van der Waals surface area contributed by atoms with Gasteiger partial charge in [-0.05, 0) is 29.7 Å². The smallest absolute Gasteiger partial charge is 0.422 e. The molecule has 1 fully saturated rings. The number of cyclic esters (lactones) is 1. The molecule has 0 radical (unpaired) electrons. The highest BCUT2D eigenvalue weighted by Crippen LogP contribution is 2.18. The van der Waals surface area contributed by atoms with Crippen LogP contribution in [0, 0.1) is 0 Å². The quantitative estimate of drug-likeness (QED) is 0.292. The lowest BCUT2D eigenvalue weighted by molar-refractivity contribution is -0.144. The zero-order valence-electron chi connectivity index (χ0n) is 19.8. The lowest BCUT2D eigenvalue weighted by Gasteiger charge is -2.28. The Hall–Kier alpha value is -3.79. The number of carbonyl (C=O) groups is 2. The van der Waals surface area contributed by atoms with Crippen LogP contribution in [0.25, 0.3) is 11.3 Å². The number of hydrogen-bond acceptors (Lipinski definition) is 8. The van der Waals surface area contributed by atoms with E-state index in [-0.39, 0.29) is 19.7 Å². The molecule has 1 aromatic heterocycles. The minimum absolute atomic E-state index is 0.0558. The average molecular weight is 491 g/mol. The van der Waals surface area contributed by atoms with Crippen molar-refractivity contribution < 1.29 is 24.2 Å². The van der Waals surface area contributed by atoms with Crippen LogP contribution in [0.4, 0.5) is 4.79 Å². The number of benzene rings is 2. The fourth-order valence-electron chi connectivity index (χ4n) is 3.94. The van der Waals surface area contributed by atoms with Gasteiger partial charge in [0.25, 0.3) is 0 Å². The Morgan fingerprint density at radius 1 is 1.11 bits per heavy atom. The Kier molecular flexibility index (Phi) is 8.62. The first-order valence-corrected chi connectivity index (χ1v) is 11.8. The minimum atomic E-state index is -0.935. The maximum Gasteiger partial charge on any atom is 0.422 e. The van der Waals surface area contributed by atoms with Gasteiger partial charge in [0.05, 0.1) is 18.4 Å². The van der Waals surface area contributed by atoms with Gasteiger partial charge in [-0.3, -0.25) is 10.4 Å². The second kappa shape index (κ2) is 12.3. The number of amides is 1. The summed E-state index contributed by atoms with van der Waals surface area (Å²) in [6, 6.07) is 22.6. The van der Waals surface area contributed by atoms with Crippen molar-refractivity contribution in [3.63, 3.8) is 0 Å². The van der Waals surface area contributed by atoms with Gasteiger partial charge in [0.1, 0.15) is 0 Å². The number of nitrogens with two attached hydrogens (primary N) is 1. The molecule has 2 heterocycles. The first-order valence-electron chi connectivity index (χ1n) is 11.8. The van der Waals surface area contributed by atoms with E-state index in [1.165, 1.54) is 5.01 Å². The molecular weight excluding hydrogens is 460 g/mol. The van der Waals surface area contributed by atoms with E-state index in [1.807, 2.05) is 72.8 Å². The van der Waals surface area contributed by atoms with Gasteiger partial charge in [-0.15, -0.1) is 0 Å². The van der Waals surface area contributed by atoms with Crippen LogP contribution in [0.2, 0.25) is 0 Å². The molecule has 0 saturated carbocycles. The highest BCUT2D eigenvalue weighted by molar-refractivity contribution is 5.80. The van der Waals surface area contributed by atoms with Crippen LogP contribution in [-0.2, 0) is 27.2 Å². The summed E-state index contributed by atoms with van der Waals surface area (Å²) in [5.74, 6) is -0.563. The van der Waals surface area contributed by atoms with Crippen LogP contribution in [0.5, 0.6) is 0 Å². The molecule has 9 heteroatoms. The number of pyridine rings is 1. The number of carbonyl (C=O) groups excluding carboxylic acids is 2. The highest BCUT2D eigenvalue weighted by Gasteiger charge is 2.31. The molecule has 0 aliphatic carbocycles. The van der Waals surface area contributed by atoms with E-state index in [1.54, 1.807) is 6.20 Å². The van der Waals surface area contributed by atoms with Crippen LogP contribution in [0.15, 0.2) is 79.0 Å². The summed E-state index contributed by atoms with van der Waals surface area (Å²) in [5.41, 5.74) is 12.6. The number of hydrogen-bond donors (Lipinski definition) is 3. The number of nitrogens with one attached hydrogen (secondary N) is 1. The Labute approximate surface area is 209 Å². The summed E-state index contributed by atoms with van der Waals surface area (Å²) in [4.78, 5) is 28.6. The van der Waals surface area contributed by atoms with Crippen molar-refractivity contribution in [2.45, 2.75) is 37.6 Å². The predicted octanol–water partition coefficient (Wildman–Crippen LogP) is 2.44. The van der Waals surface area contributed by atoms with Crippen molar-refractivity contribution in [2.24, 2.45) is 5.73 Å². The van der Waals surface area contributed by atoms with Crippen LogP contribution in [0.1, 0.15) is 17.5 Å². The third kappa shape index (κ3) is 7.11. The Morgan fingerprint density at radius 3 is 2.53 bits per heavy atom. The molecule has 188 valence electrons. The van der Waals surface area contributed by atoms with Crippen LogP contribution in [-0.4, -0.2) is 58.6 Å². The first kappa shape index (κ1) is 25.3. The molecule has 36 heavy (non-hydrogen) atoms. The summed E-state index contributed by atoms with van der Waals surface area (Å²) in [5, 5.41) is 12.4. The molecule has 1 aliphatic heterocycles.